The Morgan fingerprint density at radius 1 is 1.09 bits per heavy atom. The summed E-state index contributed by atoms with van der Waals surface area (Å²) in [4.78, 5) is 4.36. The lowest BCUT2D eigenvalue weighted by atomic mass is 10.0. The van der Waals surface area contributed by atoms with Gasteiger partial charge in [0.2, 0.25) is 0 Å². The number of aromatic nitrogens is 1. The fourth-order valence-electron chi connectivity index (χ4n) is 2.33. The third kappa shape index (κ3) is 2.41. The lowest BCUT2D eigenvalue weighted by molar-refractivity contribution is 0.432. The van der Waals surface area contributed by atoms with Gasteiger partial charge in [0.1, 0.15) is 11.8 Å². The minimum atomic E-state index is -0.780. The zero-order valence-electron chi connectivity index (χ0n) is 11.7. The SMILES string of the molecule is C#Cc1cc(-c2ccc(O)c(F)c2)nc2c(C#N)cc(O)cc12. The summed E-state index contributed by atoms with van der Waals surface area (Å²) in [6, 6.07) is 10.1. The van der Waals surface area contributed by atoms with Crippen molar-refractivity contribution in [3.05, 3.63) is 53.3 Å². The largest absolute Gasteiger partial charge is 0.508 e. The van der Waals surface area contributed by atoms with Gasteiger partial charge in [-0.3, -0.25) is 0 Å². The fraction of sp³-hybridized carbons (Fsp3) is 0. The first-order valence-electron chi connectivity index (χ1n) is 6.57. The highest BCUT2D eigenvalue weighted by molar-refractivity contribution is 5.92. The van der Waals surface area contributed by atoms with E-state index in [0.29, 0.717) is 27.7 Å². The summed E-state index contributed by atoms with van der Waals surface area (Å²) in [5, 5.41) is 28.7. The molecular weight excluding hydrogens is 295 g/mol. The minimum absolute atomic E-state index is 0.0872. The molecule has 110 valence electrons. The van der Waals surface area contributed by atoms with E-state index < -0.39 is 11.6 Å². The number of halogens is 1. The fourth-order valence-corrected chi connectivity index (χ4v) is 2.33. The average molecular weight is 304 g/mol. The van der Waals surface area contributed by atoms with Crippen LogP contribution in [0.2, 0.25) is 0 Å². The number of phenols is 2. The van der Waals surface area contributed by atoms with Crippen molar-refractivity contribution in [1.82, 2.24) is 4.98 Å². The minimum Gasteiger partial charge on any atom is -0.508 e. The Kier molecular flexibility index (Phi) is 3.33. The quantitative estimate of drug-likeness (QED) is 0.676. The van der Waals surface area contributed by atoms with Gasteiger partial charge in [0, 0.05) is 16.5 Å². The number of rotatable bonds is 1. The van der Waals surface area contributed by atoms with Crippen LogP contribution < -0.4 is 0 Å². The lowest BCUT2D eigenvalue weighted by Crippen LogP contribution is -1.93. The lowest BCUT2D eigenvalue weighted by Gasteiger charge is -2.08. The van der Waals surface area contributed by atoms with E-state index in [1.165, 1.54) is 24.3 Å². The van der Waals surface area contributed by atoms with E-state index in [9.17, 15) is 19.9 Å². The Balaban J connectivity index is 2.36. The first-order valence-corrected chi connectivity index (χ1v) is 6.57. The molecule has 4 nitrogen and oxygen atoms in total. The molecule has 0 unspecified atom stereocenters. The molecule has 2 N–H and O–H groups in total. The zero-order chi connectivity index (χ0) is 16.6. The van der Waals surface area contributed by atoms with Crippen molar-refractivity contribution in [2.45, 2.75) is 0 Å². The highest BCUT2D eigenvalue weighted by Crippen LogP contribution is 2.30. The summed E-state index contributed by atoms with van der Waals surface area (Å²) >= 11 is 0. The van der Waals surface area contributed by atoms with E-state index >= 15 is 0 Å². The molecule has 0 amide bonds. The molecule has 0 radical (unpaired) electrons. The first kappa shape index (κ1) is 14.4. The number of hydrogen-bond donors (Lipinski definition) is 2. The maximum atomic E-state index is 13.6. The van der Waals surface area contributed by atoms with Crippen molar-refractivity contribution in [1.29, 1.82) is 5.26 Å². The third-order valence-electron chi connectivity index (χ3n) is 3.42. The number of terminal acetylenes is 1. The van der Waals surface area contributed by atoms with Gasteiger partial charge in [0.25, 0.3) is 0 Å². The predicted molar refractivity (Wildman–Crippen MR) is 83.1 cm³/mol. The normalized spacial score (nSPS) is 10.2. The monoisotopic (exact) mass is 304 g/mol. The van der Waals surface area contributed by atoms with Crippen molar-refractivity contribution in [2.24, 2.45) is 0 Å². The topological polar surface area (TPSA) is 77.1 Å². The number of aromatic hydroxyl groups is 2. The Bertz CT molecular complexity index is 1030. The number of benzene rings is 2. The second-order valence-electron chi connectivity index (χ2n) is 4.87. The average Bonchev–Trinajstić information content (AvgIpc) is 2.55. The summed E-state index contributed by atoms with van der Waals surface area (Å²) in [6.45, 7) is 0. The van der Waals surface area contributed by atoms with Crippen LogP contribution in [0.15, 0.2) is 36.4 Å². The first-order chi connectivity index (χ1) is 11.0. The number of phenolic OH excluding ortho intramolecular Hbond substituents is 2. The maximum Gasteiger partial charge on any atom is 0.165 e. The van der Waals surface area contributed by atoms with Crippen LogP contribution in [0.3, 0.4) is 0 Å². The molecule has 0 bridgehead atoms. The molecule has 0 spiro atoms. The summed E-state index contributed by atoms with van der Waals surface area (Å²) in [6.07, 6.45) is 5.50. The molecular formula is C18H9FN2O2. The van der Waals surface area contributed by atoms with Gasteiger partial charge in [-0.05, 0) is 36.4 Å². The third-order valence-corrected chi connectivity index (χ3v) is 3.42. The molecule has 0 fully saturated rings. The molecule has 0 aliphatic rings. The number of hydrogen-bond acceptors (Lipinski definition) is 4. The molecule has 0 atom stereocenters. The molecule has 3 aromatic rings. The molecule has 0 saturated carbocycles. The van der Waals surface area contributed by atoms with Gasteiger partial charge in [0.15, 0.2) is 11.6 Å². The van der Waals surface area contributed by atoms with Crippen LogP contribution in [0.4, 0.5) is 4.39 Å². The smallest absolute Gasteiger partial charge is 0.165 e. The summed E-state index contributed by atoms with van der Waals surface area (Å²) in [5.41, 5.74) is 1.69. The Hall–Kier alpha value is -3.57. The van der Waals surface area contributed by atoms with Crippen LogP contribution >= 0.6 is 0 Å². The van der Waals surface area contributed by atoms with E-state index in [0.717, 1.165) is 6.07 Å². The van der Waals surface area contributed by atoms with Gasteiger partial charge >= 0.3 is 0 Å². The summed E-state index contributed by atoms with van der Waals surface area (Å²) in [7, 11) is 0. The van der Waals surface area contributed by atoms with Gasteiger partial charge in [0.05, 0.1) is 16.8 Å². The van der Waals surface area contributed by atoms with Gasteiger partial charge in [-0.15, -0.1) is 6.42 Å². The van der Waals surface area contributed by atoms with Crippen LogP contribution in [0, 0.1) is 29.5 Å². The maximum absolute atomic E-state index is 13.6. The van der Waals surface area contributed by atoms with Crippen LogP contribution in [-0.2, 0) is 0 Å². The van der Waals surface area contributed by atoms with Gasteiger partial charge < -0.3 is 10.2 Å². The molecule has 0 aliphatic heterocycles. The van der Waals surface area contributed by atoms with Crippen LogP contribution in [0.1, 0.15) is 11.1 Å². The van der Waals surface area contributed by atoms with Gasteiger partial charge in [-0.2, -0.15) is 5.26 Å². The predicted octanol–water partition coefficient (Wildman–Crippen LogP) is 3.31. The zero-order valence-corrected chi connectivity index (χ0v) is 11.7. The highest BCUT2D eigenvalue weighted by atomic mass is 19.1. The molecule has 5 heteroatoms. The van der Waals surface area contributed by atoms with Gasteiger partial charge in [-0.1, -0.05) is 5.92 Å². The number of pyridine rings is 1. The second kappa shape index (κ2) is 5.32. The molecule has 23 heavy (non-hydrogen) atoms. The Labute approximate surface area is 131 Å². The standard InChI is InChI=1S/C18H9FN2O2/c1-2-10-7-16(11-3-4-17(23)15(19)6-11)21-18-12(9-20)5-13(22)8-14(10)18/h1,3-8,22-23H. The number of nitriles is 1. The van der Waals surface area contributed by atoms with Crippen LogP contribution in [0.25, 0.3) is 22.2 Å². The number of fused-ring (bicyclic) bond motifs is 1. The van der Waals surface area contributed by atoms with Crippen molar-refractivity contribution in [3.63, 3.8) is 0 Å². The van der Waals surface area contributed by atoms with E-state index in [4.69, 9.17) is 6.42 Å². The molecule has 2 aromatic carbocycles. The van der Waals surface area contributed by atoms with Crippen LogP contribution in [-0.4, -0.2) is 15.2 Å². The van der Waals surface area contributed by atoms with E-state index in [-0.39, 0.29) is 11.3 Å². The van der Waals surface area contributed by atoms with E-state index in [1.54, 1.807) is 6.07 Å². The summed E-state index contributed by atoms with van der Waals surface area (Å²) < 4.78 is 13.6. The second-order valence-corrected chi connectivity index (χ2v) is 4.87. The van der Waals surface area contributed by atoms with Crippen molar-refractivity contribution in [2.75, 3.05) is 0 Å². The van der Waals surface area contributed by atoms with Crippen molar-refractivity contribution in [3.8, 4) is 41.2 Å². The Morgan fingerprint density at radius 3 is 2.52 bits per heavy atom. The van der Waals surface area contributed by atoms with Crippen molar-refractivity contribution < 1.29 is 14.6 Å². The highest BCUT2D eigenvalue weighted by Gasteiger charge is 2.13. The summed E-state index contributed by atoms with van der Waals surface area (Å²) in [5.74, 6) is 1.15. The van der Waals surface area contributed by atoms with Gasteiger partial charge in [-0.25, -0.2) is 9.37 Å². The van der Waals surface area contributed by atoms with E-state index in [1.807, 2.05) is 6.07 Å². The molecule has 0 saturated heterocycles. The van der Waals surface area contributed by atoms with Crippen LogP contribution in [0.5, 0.6) is 11.5 Å². The van der Waals surface area contributed by atoms with E-state index in [2.05, 4.69) is 10.9 Å². The number of nitrogens with zero attached hydrogens (tertiary/aromatic N) is 2. The molecule has 1 heterocycles. The Morgan fingerprint density at radius 2 is 1.87 bits per heavy atom. The molecule has 0 aliphatic carbocycles. The molecule has 3 rings (SSSR count). The molecule has 1 aromatic heterocycles. The van der Waals surface area contributed by atoms with Crippen molar-refractivity contribution >= 4 is 10.9 Å².